The molecule has 1 N–H and O–H groups in total. The molecule has 0 spiro atoms. The zero-order chi connectivity index (χ0) is 19.8. The van der Waals surface area contributed by atoms with Gasteiger partial charge in [0.1, 0.15) is 6.54 Å². The summed E-state index contributed by atoms with van der Waals surface area (Å²) in [5.74, 6) is 0.726. The van der Waals surface area contributed by atoms with Gasteiger partial charge in [0, 0.05) is 38.1 Å². The fraction of sp³-hybridized carbons (Fsp3) is 0.714. The van der Waals surface area contributed by atoms with E-state index in [9.17, 15) is 9.59 Å². The first-order chi connectivity index (χ1) is 13.7. The Balaban J connectivity index is 1.66. The summed E-state index contributed by atoms with van der Waals surface area (Å²) in [5, 5.41) is 3.05. The number of ether oxygens (including phenoxy) is 2. The maximum absolute atomic E-state index is 12.5. The van der Waals surface area contributed by atoms with Crippen molar-refractivity contribution in [2.45, 2.75) is 51.6 Å². The molecule has 7 nitrogen and oxygen atoms in total. The van der Waals surface area contributed by atoms with Gasteiger partial charge in [0.25, 0.3) is 0 Å². The van der Waals surface area contributed by atoms with Gasteiger partial charge in [-0.1, -0.05) is 12.8 Å². The molecule has 2 aliphatic rings. The van der Waals surface area contributed by atoms with E-state index >= 15 is 0 Å². The van der Waals surface area contributed by atoms with E-state index in [2.05, 4.69) is 10.2 Å². The van der Waals surface area contributed by atoms with Crippen molar-refractivity contribution in [1.82, 2.24) is 14.8 Å². The normalized spacial score (nSPS) is 19.2. The number of pyridine rings is 1. The average Bonchev–Trinajstić information content (AvgIpc) is 2.98. The van der Waals surface area contributed by atoms with Crippen LogP contribution in [0.3, 0.4) is 0 Å². The Bertz CT molecular complexity index is 689. The summed E-state index contributed by atoms with van der Waals surface area (Å²) >= 11 is 0. The highest BCUT2D eigenvalue weighted by Crippen LogP contribution is 2.15. The Hall–Kier alpha value is -1.86. The summed E-state index contributed by atoms with van der Waals surface area (Å²) in [7, 11) is 1.49. The molecular weight excluding hydrogens is 358 g/mol. The largest absolute Gasteiger partial charge is 0.491 e. The fourth-order valence-electron chi connectivity index (χ4n) is 3.97. The lowest BCUT2D eigenvalue weighted by Crippen LogP contribution is -2.35. The second-order valence-corrected chi connectivity index (χ2v) is 7.88. The van der Waals surface area contributed by atoms with E-state index in [4.69, 9.17) is 9.47 Å². The maximum atomic E-state index is 12.5. The van der Waals surface area contributed by atoms with Gasteiger partial charge in [-0.25, -0.2) is 0 Å². The van der Waals surface area contributed by atoms with Gasteiger partial charge in [0.2, 0.25) is 11.3 Å². The SMILES string of the molecule is COc1cn(CC(=O)NCC2CCOCC2)c(CN2CCCCCC2)cc1=O. The molecule has 3 rings (SSSR count). The van der Waals surface area contributed by atoms with Gasteiger partial charge in [-0.15, -0.1) is 0 Å². The second-order valence-electron chi connectivity index (χ2n) is 7.88. The van der Waals surface area contributed by atoms with Crippen molar-refractivity contribution in [3.8, 4) is 5.75 Å². The lowest BCUT2D eigenvalue weighted by Gasteiger charge is -2.24. The highest BCUT2D eigenvalue weighted by molar-refractivity contribution is 5.75. The molecule has 1 aromatic heterocycles. The standard InChI is InChI=1S/C21H33N3O4/c1-27-20-15-24(16-21(26)22-13-17-6-10-28-11-7-17)18(12-19(20)25)14-23-8-4-2-3-5-9-23/h12,15,17H,2-11,13-14,16H2,1H3,(H,22,26). The van der Waals surface area contributed by atoms with Crippen LogP contribution in [-0.4, -0.2) is 55.3 Å². The van der Waals surface area contributed by atoms with E-state index in [0.717, 1.165) is 44.8 Å². The molecule has 1 amide bonds. The molecule has 0 radical (unpaired) electrons. The van der Waals surface area contributed by atoms with Gasteiger partial charge < -0.3 is 19.4 Å². The molecule has 7 heteroatoms. The monoisotopic (exact) mass is 391 g/mol. The number of likely N-dealkylation sites (tertiary alicyclic amines) is 1. The molecular formula is C21H33N3O4. The van der Waals surface area contributed by atoms with Crippen LogP contribution < -0.4 is 15.5 Å². The van der Waals surface area contributed by atoms with Gasteiger partial charge in [0.05, 0.1) is 13.3 Å². The highest BCUT2D eigenvalue weighted by Gasteiger charge is 2.17. The molecule has 2 saturated heterocycles. The van der Waals surface area contributed by atoms with E-state index < -0.39 is 0 Å². The molecule has 2 aliphatic heterocycles. The Labute approximate surface area is 167 Å². The van der Waals surface area contributed by atoms with Crippen molar-refractivity contribution < 1.29 is 14.3 Å². The van der Waals surface area contributed by atoms with E-state index in [1.54, 1.807) is 12.3 Å². The van der Waals surface area contributed by atoms with Crippen molar-refractivity contribution in [3.05, 3.63) is 28.2 Å². The van der Waals surface area contributed by atoms with Crippen LogP contribution in [0.5, 0.6) is 5.75 Å². The second kappa shape index (κ2) is 10.6. The lowest BCUT2D eigenvalue weighted by molar-refractivity contribution is -0.122. The molecule has 0 atom stereocenters. The molecule has 0 aliphatic carbocycles. The predicted octanol–water partition coefficient (Wildman–Crippen LogP) is 1.78. The van der Waals surface area contributed by atoms with Gasteiger partial charge >= 0.3 is 0 Å². The van der Waals surface area contributed by atoms with Crippen LogP contribution in [0.1, 0.15) is 44.2 Å². The fourth-order valence-corrected chi connectivity index (χ4v) is 3.97. The minimum absolute atomic E-state index is 0.0330. The number of nitrogens with one attached hydrogen (secondary N) is 1. The Kier molecular flexibility index (Phi) is 7.91. The summed E-state index contributed by atoms with van der Waals surface area (Å²) in [6, 6.07) is 1.62. The van der Waals surface area contributed by atoms with Crippen LogP contribution >= 0.6 is 0 Å². The van der Waals surface area contributed by atoms with Crippen LogP contribution in [0.4, 0.5) is 0 Å². The third kappa shape index (κ3) is 6.07. The van der Waals surface area contributed by atoms with Crippen molar-refractivity contribution in [1.29, 1.82) is 0 Å². The minimum Gasteiger partial charge on any atom is -0.491 e. The van der Waals surface area contributed by atoms with Crippen LogP contribution in [0, 0.1) is 5.92 Å². The Morgan fingerprint density at radius 3 is 2.61 bits per heavy atom. The van der Waals surface area contributed by atoms with Crippen molar-refractivity contribution in [2.24, 2.45) is 5.92 Å². The van der Waals surface area contributed by atoms with E-state index in [-0.39, 0.29) is 23.6 Å². The van der Waals surface area contributed by atoms with Crippen molar-refractivity contribution >= 4 is 5.91 Å². The Morgan fingerprint density at radius 2 is 1.93 bits per heavy atom. The smallest absolute Gasteiger partial charge is 0.239 e. The third-order valence-electron chi connectivity index (χ3n) is 5.73. The number of carbonyl (C=O) groups is 1. The summed E-state index contributed by atoms with van der Waals surface area (Å²) < 4.78 is 12.4. The minimum atomic E-state index is -0.133. The molecule has 1 aromatic rings. The van der Waals surface area contributed by atoms with Crippen LogP contribution in [0.2, 0.25) is 0 Å². The molecule has 0 aromatic carbocycles. The molecule has 0 unspecified atom stereocenters. The summed E-state index contributed by atoms with van der Waals surface area (Å²) in [5.41, 5.74) is 0.736. The third-order valence-corrected chi connectivity index (χ3v) is 5.73. The van der Waals surface area contributed by atoms with Crippen LogP contribution in [0.15, 0.2) is 17.1 Å². The number of hydrogen-bond donors (Lipinski definition) is 1. The topological polar surface area (TPSA) is 72.8 Å². The van der Waals surface area contributed by atoms with E-state index in [0.29, 0.717) is 19.0 Å². The summed E-state index contributed by atoms with van der Waals surface area (Å²) in [6.07, 6.45) is 8.56. The first kappa shape index (κ1) is 20.9. The molecule has 28 heavy (non-hydrogen) atoms. The number of aromatic nitrogens is 1. The number of rotatable bonds is 7. The molecule has 3 heterocycles. The van der Waals surface area contributed by atoms with Gasteiger partial charge in [-0.05, 0) is 44.7 Å². The lowest BCUT2D eigenvalue weighted by atomic mass is 10.0. The number of nitrogens with zero attached hydrogens (tertiary/aromatic N) is 2. The van der Waals surface area contributed by atoms with Crippen molar-refractivity contribution in [3.63, 3.8) is 0 Å². The number of carbonyl (C=O) groups excluding carboxylic acids is 1. The highest BCUT2D eigenvalue weighted by atomic mass is 16.5. The van der Waals surface area contributed by atoms with Crippen molar-refractivity contribution in [2.75, 3.05) is 40.0 Å². The molecule has 0 bridgehead atoms. The predicted molar refractivity (Wildman–Crippen MR) is 108 cm³/mol. The number of amides is 1. The van der Waals surface area contributed by atoms with E-state index in [1.807, 2.05) is 4.57 Å². The Morgan fingerprint density at radius 1 is 1.21 bits per heavy atom. The molecule has 2 fully saturated rings. The molecule has 156 valence electrons. The van der Waals surface area contributed by atoms with E-state index in [1.165, 1.54) is 32.8 Å². The average molecular weight is 392 g/mol. The first-order valence-electron chi connectivity index (χ1n) is 10.5. The molecule has 0 saturated carbocycles. The maximum Gasteiger partial charge on any atom is 0.239 e. The van der Waals surface area contributed by atoms with Crippen LogP contribution in [-0.2, 0) is 22.6 Å². The zero-order valence-electron chi connectivity index (χ0n) is 17.0. The van der Waals surface area contributed by atoms with Gasteiger partial charge in [0.15, 0.2) is 5.75 Å². The van der Waals surface area contributed by atoms with Gasteiger partial charge in [-0.2, -0.15) is 0 Å². The zero-order valence-corrected chi connectivity index (χ0v) is 17.0. The van der Waals surface area contributed by atoms with Crippen LogP contribution in [0.25, 0.3) is 0 Å². The first-order valence-corrected chi connectivity index (χ1v) is 10.5. The quantitative estimate of drug-likeness (QED) is 0.767. The number of methoxy groups -OCH3 is 1. The number of hydrogen-bond acceptors (Lipinski definition) is 5. The van der Waals surface area contributed by atoms with Gasteiger partial charge in [-0.3, -0.25) is 14.5 Å². The summed E-state index contributed by atoms with van der Waals surface area (Å²) in [6.45, 7) is 5.19. The summed E-state index contributed by atoms with van der Waals surface area (Å²) in [4.78, 5) is 27.2.